The van der Waals surface area contributed by atoms with E-state index in [4.69, 9.17) is 0 Å². The van der Waals surface area contributed by atoms with E-state index in [2.05, 4.69) is 29.2 Å². The maximum Gasteiger partial charge on any atom is 0.406 e. The Hall–Kier alpha value is -2.34. The second-order valence-corrected chi connectivity index (χ2v) is 9.31. The molecule has 2 heterocycles. The van der Waals surface area contributed by atoms with Gasteiger partial charge >= 0.3 is 6.18 Å². The lowest BCUT2D eigenvalue weighted by atomic mass is 9.73. The zero-order valence-electron chi connectivity index (χ0n) is 17.5. The molecule has 0 N–H and O–H groups in total. The van der Waals surface area contributed by atoms with Gasteiger partial charge in [0.15, 0.2) is 0 Å². The molecule has 3 nitrogen and oxygen atoms in total. The van der Waals surface area contributed by atoms with E-state index in [0.29, 0.717) is 18.7 Å². The number of amides is 1. The van der Waals surface area contributed by atoms with Crippen molar-refractivity contribution in [3.05, 3.63) is 65.2 Å². The molecule has 2 aliphatic heterocycles. The number of halogens is 3. The maximum atomic E-state index is 13.2. The van der Waals surface area contributed by atoms with Gasteiger partial charge in [0.1, 0.15) is 6.54 Å². The van der Waals surface area contributed by atoms with Crippen molar-refractivity contribution in [3.8, 4) is 0 Å². The van der Waals surface area contributed by atoms with Crippen molar-refractivity contribution in [1.82, 2.24) is 4.90 Å². The average molecular weight is 428 g/mol. The molecule has 1 unspecified atom stereocenters. The lowest BCUT2D eigenvalue weighted by Crippen LogP contribution is -2.51. The highest BCUT2D eigenvalue weighted by atomic mass is 19.4. The van der Waals surface area contributed by atoms with Crippen LogP contribution in [0.2, 0.25) is 0 Å². The third kappa shape index (κ3) is 3.86. The summed E-state index contributed by atoms with van der Waals surface area (Å²) < 4.78 is 39.5. The number of hydrogen-bond acceptors (Lipinski definition) is 2. The highest BCUT2D eigenvalue weighted by molar-refractivity contribution is 5.98. The molecule has 1 atom stereocenters. The van der Waals surface area contributed by atoms with E-state index >= 15 is 0 Å². The van der Waals surface area contributed by atoms with Crippen LogP contribution in [0.4, 0.5) is 18.9 Å². The number of carbonyl (C=O) groups excluding carboxylic acids is 1. The van der Waals surface area contributed by atoms with Gasteiger partial charge in [-0.15, -0.1) is 0 Å². The van der Waals surface area contributed by atoms with E-state index in [1.807, 2.05) is 12.1 Å². The van der Waals surface area contributed by atoms with Gasteiger partial charge in [-0.05, 0) is 73.4 Å². The van der Waals surface area contributed by atoms with Crippen LogP contribution in [0.15, 0.2) is 48.5 Å². The second-order valence-electron chi connectivity index (χ2n) is 9.31. The molecule has 6 heteroatoms. The maximum absolute atomic E-state index is 13.2. The molecule has 1 aliphatic carbocycles. The lowest BCUT2D eigenvalue weighted by Gasteiger charge is -2.42. The summed E-state index contributed by atoms with van der Waals surface area (Å²) in [4.78, 5) is 16.3. The number of benzene rings is 2. The highest BCUT2D eigenvalue weighted by Gasteiger charge is 2.43. The molecule has 1 spiro atoms. The van der Waals surface area contributed by atoms with E-state index in [1.165, 1.54) is 17.5 Å². The Labute approximate surface area is 180 Å². The molecule has 0 saturated carbocycles. The van der Waals surface area contributed by atoms with E-state index in [1.54, 1.807) is 12.1 Å². The number of rotatable bonds is 3. The van der Waals surface area contributed by atoms with Gasteiger partial charge < -0.3 is 9.80 Å². The van der Waals surface area contributed by atoms with Crippen molar-refractivity contribution in [3.63, 3.8) is 0 Å². The Morgan fingerprint density at radius 1 is 0.935 bits per heavy atom. The number of aryl methyl sites for hydroxylation is 1. The van der Waals surface area contributed by atoms with Gasteiger partial charge in [-0.1, -0.05) is 42.5 Å². The minimum atomic E-state index is -4.42. The first-order valence-electron chi connectivity index (χ1n) is 11.1. The number of hydrogen-bond donors (Lipinski definition) is 0. The monoisotopic (exact) mass is 428 g/mol. The Bertz CT molecular complexity index is 979. The summed E-state index contributed by atoms with van der Waals surface area (Å²) in [5.74, 6) is -0.829. The van der Waals surface area contributed by atoms with E-state index < -0.39 is 24.5 Å². The largest absolute Gasteiger partial charge is 0.406 e. The fourth-order valence-corrected chi connectivity index (χ4v) is 5.88. The topological polar surface area (TPSA) is 23.6 Å². The third-order valence-corrected chi connectivity index (χ3v) is 7.45. The van der Waals surface area contributed by atoms with Crippen molar-refractivity contribution in [2.24, 2.45) is 5.92 Å². The molecule has 2 aromatic rings. The first-order valence-corrected chi connectivity index (χ1v) is 11.1. The van der Waals surface area contributed by atoms with Gasteiger partial charge in [0.05, 0.1) is 5.92 Å². The van der Waals surface area contributed by atoms with Crippen molar-refractivity contribution in [1.29, 1.82) is 0 Å². The van der Waals surface area contributed by atoms with Gasteiger partial charge in [0.25, 0.3) is 0 Å². The smallest absolute Gasteiger partial charge is 0.303 e. The number of carbonyl (C=O) groups is 1. The van der Waals surface area contributed by atoms with Crippen LogP contribution in [0.5, 0.6) is 0 Å². The lowest BCUT2D eigenvalue weighted by molar-refractivity contribution is -0.135. The fraction of sp³-hybridized carbons (Fsp3) is 0.480. The zero-order valence-corrected chi connectivity index (χ0v) is 17.5. The molecule has 2 aromatic carbocycles. The minimum Gasteiger partial charge on any atom is -0.303 e. The van der Waals surface area contributed by atoms with Crippen LogP contribution in [0.25, 0.3) is 0 Å². The number of nitrogens with zero attached hydrogens (tertiary/aromatic N) is 2. The fourth-order valence-electron chi connectivity index (χ4n) is 5.88. The highest BCUT2D eigenvalue weighted by Crippen LogP contribution is 2.46. The molecule has 164 valence electrons. The summed E-state index contributed by atoms with van der Waals surface area (Å²) in [7, 11) is 0. The molecule has 3 aliphatic rings. The quantitative estimate of drug-likeness (QED) is 0.706. The molecule has 0 bridgehead atoms. The van der Waals surface area contributed by atoms with Crippen LogP contribution in [-0.2, 0) is 23.1 Å². The molecule has 0 aromatic heterocycles. The van der Waals surface area contributed by atoms with Crippen LogP contribution >= 0.6 is 0 Å². The molecule has 0 radical (unpaired) electrons. The summed E-state index contributed by atoms with van der Waals surface area (Å²) in [6.07, 6.45) is 0.489. The van der Waals surface area contributed by atoms with Crippen molar-refractivity contribution >= 4 is 11.6 Å². The van der Waals surface area contributed by atoms with Crippen molar-refractivity contribution in [2.45, 2.75) is 43.7 Å². The third-order valence-electron chi connectivity index (χ3n) is 7.45. The van der Waals surface area contributed by atoms with Gasteiger partial charge in [-0.2, -0.15) is 13.2 Å². The SMILES string of the molecule is O=C1C(CN2CCC3(CCc4ccccc43)CC2)Cc2ccccc2N1CC(F)(F)F. The first-order chi connectivity index (χ1) is 14.8. The van der Waals surface area contributed by atoms with Gasteiger partial charge in [-0.25, -0.2) is 0 Å². The number of piperidine rings is 1. The molecular weight excluding hydrogens is 401 g/mol. The Balaban J connectivity index is 1.29. The van der Waals surface area contributed by atoms with Crippen molar-refractivity contribution < 1.29 is 18.0 Å². The predicted molar refractivity (Wildman–Crippen MR) is 114 cm³/mol. The Kier molecular flexibility index (Phi) is 5.08. The summed E-state index contributed by atoms with van der Waals surface area (Å²) in [5, 5.41) is 0. The zero-order chi connectivity index (χ0) is 21.6. The van der Waals surface area contributed by atoms with Gasteiger partial charge in [0, 0.05) is 12.2 Å². The summed E-state index contributed by atoms with van der Waals surface area (Å²) in [6.45, 7) is 1.08. The van der Waals surface area contributed by atoms with Crippen LogP contribution in [0, 0.1) is 5.92 Å². The number of alkyl halides is 3. The predicted octanol–water partition coefficient (Wildman–Crippen LogP) is 4.73. The summed E-state index contributed by atoms with van der Waals surface area (Å²) in [6, 6.07) is 15.7. The first kappa shape index (κ1) is 20.6. The summed E-state index contributed by atoms with van der Waals surface area (Å²) >= 11 is 0. The minimum absolute atomic E-state index is 0.235. The van der Waals surface area contributed by atoms with E-state index in [-0.39, 0.29) is 5.41 Å². The van der Waals surface area contributed by atoms with Crippen LogP contribution in [0.1, 0.15) is 36.0 Å². The summed E-state index contributed by atoms with van der Waals surface area (Å²) in [5.41, 5.74) is 4.40. The van der Waals surface area contributed by atoms with Gasteiger partial charge in [-0.3, -0.25) is 4.79 Å². The van der Waals surface area contributed by atoms with E-state index in [9.17, 15) is 18.0 Å². The Morgan fingerprint density at radius 2 is 1.61 bits per heavy atom. The van der Waals surface area contributed by atoms with Crippen LogP contribution in [0.3, 0.4) is 0 Å². The van der Waals surface area contributed by atoms with Crippen molar-refractivity contribution in [2.75, 3.05) is 31.1 Å². The number of anilines is 1. The Morgan fingerprint density at radius 3 is 2.35 bits per heavy atom. The standard InChI is InChI=1S/C25H27F3N2O/c26-25(27,28)17-30-22-8-4-2-6-19(22)15-20(23(30)31)16-29-13-11-24(12-14-29)10-9-18-5-1-3-7-21(18)24/h1-8,20H,9-17H2. The van der Waals surface area contributed by atoms with Gasteiger partial charge in [0.2, 0.25) is 5.91 Å². The molecule has 5 rings (SSSR count). The molecule has 1 fully saturated rings. The average Bonchev–Trinajstić information content (AvgIpc) is 3.10. The number of fused-ring (bicyclic) bond motifs is 3. The number of likely N-dealkylation sites (tertiary alicyclic amines) is 1. The normalized spacial score (nSPS) is 23.1. The molecule has 1 saturated heterocycles. The molecule has 31 heavy (non-hydrogen) atoms. The van der Waals surface area contributed by atoms with E-state index in [0.717, 1.165) is 42.8 Å². The van der Waals surface area contributed by atoms with Crippen LogP contribution < -0.4 is 4.90 Å². The van der Waals surface area contributed by atoms with Crippen LogP contribution in [-0.4, -0.2) is 43.2 Å². The molecule has 1 amide bonds. The number of para-hydroxylation sites is 1. The molecular formula is C25H27F3N2O. The second kappa shape index (κ2) is 7.66.